The first-order chi connectivity index (χ1) is 9.82. The first kappa shape index (κ1) is 17.6. The van der Waals surface area contributed by atoms with Crippen molar-refractivity contribution in [3.63, 3.8) is 0 Å². The van der Waals surface area contributed by atoms with E-state index in [1.54, 1.807) is 18.2 Å². The third-order valence-electron chi connectivity index (χ3n) is 2.48. The smallest absolute Gasteiger partial charge is 0.241 e. The molecule has 0 heterocycles. The summed E-state index contributed by atoms with van der Waals surface area (Å²) in [5, 5.41) is 0. The molecule has 0 aliphatic heterocycles. The molecule has 116 valence electrons. The molecule has 1 aromatic rings. The van der Waals surface area contributed by atoms with Gasteiger partial charge in [0.2, 0.25) is 20.0 Å². The molecule has 0 amide bonds. The highest BCUT2D eigenvalue weighted by Gasteiger charge is 2.18. The van der Waals surface area contributed by atoms with Gasteiger partial charge in [-0.05, 0) is 19.2 Å². The predicted octanol–water partition coefficient (Wildman–Crippen LogP) is -1.18. The molecule has 0 spiro atoms. The minimum atomic E-state index is -3.84. The second kappa shape index (κ2) is 7.53. The van der Waals surface area contributed by atoms with E-state index >= 15 is 0 Å². The lowest BCUT2D eigenvalue weighted by Crippen LogP contribution is -2.33. The lowest BCUT2D eigenvalue weighted by Gasteiger charge is -2.08. The summed E-state index contributed by atoms with van der Waals surface area (Å²) < 4.78 is 51.2. The van der Waals surface area contributed by atoms with Crippen molar-refractivity contribution in [1.29, 1.82) is 0 Å². The van der Waals surface area contributed by atoms with Crippen molar-refractivity contribution < 1.29 is 16.8 Å². The van der Waals surface area contributed by atoms with Gasteiger partial charge in [0.15, 0.2) is 0 Å². The zero-order valence-electron chi connectivity index (χ0n) is 11.5. The first-order valence-corrected chi connectivity index (χ1v) is 9.15. The highest BCUT2D eigenvalue weighted by molar-refractivity contribution is 7.90. The lowest BCUT2D eigenvalue weighted by atomic mass is 10.2. The topological polar surface area (TPSA) is 118 Å². The molecule has 9 heteroatoms. The van der Waals surface area contributed by atoms with Crippen molar-refractivity contribution in [3.05, 3.63) is 29.8 Å². The molecule has 0 unspecified atom stereocenters. The molecular formula is C12H17N3O4S2. The van der Waals surface area contributed by atoms with Crippen molar-refractivity contribution in [2.45, 2.75) is 4.90 Å². The number of nitrogens with two attached hydrogens (primary N) is 1. The van der Waals surface area contributed by atoms with Gasteiger partial charge in [0.05, 0.1) is 17.2 Å². The van der Waals surface area contributed by atoms with Gasteiger partial charge < -0.3 is 5.73 Å². The minimum Gasteiger partial charge on any atom is -0.320 e. The van der Waals surface area contributed by atoms with Crippen molar-refractivity contribution in [1.82, 2.24) is 9.44 Å². The van der Waals surface area contributed by atoms with E-state index in [0.717, 1.165) is 0 Å². The Morgan fingerprint density at radius 3 is 2.48 bits per heavy atom. The van der Waals surface area contributed by atoms with E-state index in [2.05, 4.69) is 21.3 Å². The summed E-state index contributed by atoms with van der Waals surface area (Å²) in [5.41, 5.74) is 5.58. The van der Waals surface area contributed by atoms with Gasteiger partial charge >= 0.3 is 0 Å². The zero-order valence-corrected chi connectivity index (χ0v) is 13.1. The van der Waals surface area contributed by atoms with Crippen LogP contribution in [0.15, 0.2) is 29.2 Å². The fourth-order valence-electron chi connectivity index (χ4n) is 1.44. The van der Waals surface area contributed by atoms with Crippen LogP contribution in [0.4, 0.5) is 0 Å². The average Bonchev–Trinajstić information content (AvgIpc) is 2.45. The summed E-state index contributed by atoms with van der Waals surface area (Å²) in [5.74, 6) is 4.91. The van der Waals surface area contributed by atoms with Crippen molar-refractivity contribution in [2.75, 3.05) is 25.9 Å². The molecule has 0 aliphatic rings. The summed E-state index contributed by atoms with van der Waals surface area (Å²) in [7, 11) is -6.04. The van der Waals surface area contributed by atoms with E-state index in [1.165, 1.54) is 13.1 Å². The Morgan fingerprint density at radius 2 is 1.86 bits per heavy atom. The fourth-order valence-corrected chi connectivity index (χ4v) is 3.34. The van der Waals surface area contributed by atoms with Crippen molar-refractivity contribution in [3.8, 4) is 11.8 Å². The maximum atomic E-state index is 12.2. The predicted molar refractivity (Wildman–Crippen MR) is 80.4 cm³/mol. The van der Waals surface area contributed by atoms with E-state index in [-0.39, 0.29) is 23.7 Å². The van der Waals surface area contributed by atoms with E-state index in [0.29, 0.717) is 5.56 Å². The fraction of sp³-hybridized carbons (Fsp3) is 0.333. The molecule has 1 aromatic carbocycles. The third-order valence-corrected chi connectivity index (χ3v) is 5.36. The average molecular weight is 331 g/mol. The van der Waals surface area contributed by atoms with Crippen molar-refractivity contribution >= 4 is 20.0 Å². The molecule has 0 saturated carbocycles. The van der Waals surface area contributed by atoms with Crippen LogP contribution in [0.3, 0.4) is 0 Å². The Balaban J connectivity index is 2.94. The van der Waals surface area contributed by atoms with Crippen LogP contribution < -0.4 is 15.2 Å². The van der Waals surface area contributed by atoms with Crippen LogP contribution in [-0.2, 0) is 20.0 Å². The van der Waals surface area contributed by atoms with Gasteiger partial charge in [0.25, 0.3) is 0 Å². The molecule has 1 rings (SSSR count). The number of rotatable bonds is 6. The molecule has 0 aromatic heterocycles. The molecule has 0 saturated heterocycles. The van der Waals surface area contributed by atoms with E-state index in [4.69, 9.17) is 5.73 Å². The van der Waals surface area contributed by atoms with Crippen LogP contribution >= 0.6 is 0 Å². The monoisotopic (exact) mass is 331 g/mol. The summed E-state index contributed by atoms with van der Waals surface area (Å²) in [6.07, 6.45) is 0. The maximum Gasteiger partial charge on any atom is 0.241 e. The third kappa shape index (κ3) is 5.45. The molecule has 0 radical (unpaired) electrons. The Labute approximate surface area is 125 Å². The van der Waals surface area contributed by atoms with Gasteiger partial charge in [-0.25, -0.2) is 26.3 Å². The first-order valence-electron chi connectivity index (χ1n) is 6.01. The molecule has 0 atom stereocenters. The van der Waals surface area contributed by atoms with Gasteiger partial charge in [0, 0.05) is 12.1 Å². The Morgan fingerprint density at radius 1 is 1.19 bits per heavy atom. The second-order valence-corrected chi connectivity index (χ2v) is 7.70. The number of benzene rings is 1. The van der Waals surface area contributed by atoms with E-state index in [9.17, 15) is 16.8 Å². The second-order valence-electron chi connectivity index (χ2n) is 3.92. The maximum absolute atomic E-state index is 12.2. The zero-order chi connectivity index (χ0) is 15.9. The Hall–Kier alpha value is -1.44. The molecule has 4 N–H and O–H groups in total. The SMILES string of the molecule is CNS(=O)(=O)CCNS(=O)(=O)c1ccccc1C#CCN. The number of hydrogen-bond acceptors (Lipinski definition) is 5. The minimum absolute atomic E-state index is 0.00666. The number of hydrogen-bond donors (Lipinski definition) is 3. The van der Waals surface area contributed by atoms with Gasteiger partial charge in [-0.15, -0.1) is 0 Å². The molecule has 0 aliphatic carbocycles. The molecule has 7 nitrogen and oxygen atoms in total. The van der Waals surface area contributed by atoms with Crippen LogP contribution in [-0.4, -0.2) is 42.7 Å². The highest BCUT2D eigenvalue weighted by Crippen LogP contribution is 2.13. The number of sulfonamides is 2. The van der Waals surface area contributed by atoms with E-state index < -0.39 is 20.0 Å². The lowest BCUT2D eigenvalue weighted by molar-refractivity contribution is 0.578. The Kier molecular flexibility index (Phi) is 6.32. The van der Waals surface area contributed by atoms with Gasteiger partial charge in [-0.3, -0.25) is 0 Å². The normalized spacial score (nSPS) is 11.7. The molecular weight excluding hydrogens is 314 g/mol. The van der Waals surface area contributed by atoms with E-state index in [1.807, 2.05) is 0 Å². The Bertz CT molecular complexity index is 746. The van der Waals surface area contributed by atoms with Gasteiger partial charge in [0.1, 0.15) is 0 Å². The van der Waals surface area contributed by atoms with Crippen LogP contribution in [0.25, 0.3) is 0 Å². The number of nitrogens with one attached hydrogen (secondary N) is 2. The molecule has 0 bridgehead atoms. The summed E-state index contributed by atoms with van der Waals surface area (Å²) in [4.78, 5) is -0.00666. The largest absolute Gasteiger partial charge is 0.320 e. The van der Waals surface area contributed by atoms with Crippen LogP contribution in [0.1, 0.15) is 5.56 Å². The highest BCUT2D eigenvalue weighted by atomic mass is 32.2. The van der Waals surface area contributed by atoms with Gasteiger partial charge in [-0.1, -0.05) is 24.0 Å². The van der Waals surface area contributed by atoms with Crippen LogP contribution in [0, 0.1) is 11.8 Å². The van der Waals surface area contributed by atoms with Gasteiger partial charge in [-0.2, -0.15) is 0 Å². The van der Waals surface area contributed by atoms with Crippen molar-refractivity contribution in [2.24, 2.45) is 5.73 Å². The summed E-state index contributed by atoms with van der Waals surface area (Å²) in [6.45, 7) is -0.119. The quantitative estimate of drug-likeness (QED) is 0.567. The molecule has 0 fully saturated rings. The summed E-state index contributed by atoms with van der Waals surface area (Å²) >= 11 is 0. The standard InChI is InChI=1S/C12H17N3O4S2/c1-14-20(16,17)10-9-15-21(18,19)12-7-3-2-5-11(12)6-4-8-13/h2-3,5,7,14-15H,8-10,13H2,1H3. The molecule has 21 heavy (non-hydrogen) atoms. The van der Waals surface area contributed by atoms with Crippen LogP contribution in [0.5, 0.6) is 0 Å². The summed E-state index contributed by atoms with van der Waals surface area (Å²) in [6, 6.07) is 6.18. The van der Waals surface area contributed by atoms with Crippen LogP contribution in [0.2, 0.25) is 0 Å².